The summed E-state index contributed by atoms with van der Waals surface area (Å²) in [7, 11) is 0. The van der Waals surface area contributed by atoms with E-state index in [1.54, 1.807) is 11.0 Å². The molecule has 2 fully saturated rings. The van der Waals surface area contributed by atoms with Crippen LogP contribution in [0.1, 0.15) is 55.8 Å². The van der Waals surface area contributed by atoms with Gasteiger partial charge in [0.15, 0.2) is 0 Å². The second-order valence-electron chi connectivity index (χ2n) is 8.54. The summed E-state index contributed by atoms with van der Waals surface area (Å²) in [6.45, 7) is 3.40. The molecule has 5 nitrogen and oxygen atoms in total. The smallest absolute Gasteiger partial charge is 0.338 e. The lowest BCUT2D eigenvalue weighted by Crippen LogP contribution is -2.48. The first kappa shape index (κ1) is 21.1. The molecule has 30 heavy (non-hydrogen) atoms. The summed E-state index contributed by atoms with van der Waals surface area (Å²) in [5, 5.41) is 10.5. The molecular weight excluding hydrogens is 398 g/mol. The molecule has 1 amide bonds. The van der Waals surface area contributed by atoms with Gasteiger partial charge in [-0.1, -0.05) is 37.3 Å². The number of aromatic carboxylic acids is 1. The Kier molecular flexibility index (Phi) is 6.54. The first-order chi connectivity index (χ1) is 14.5. The van der Waals surface area contributed by atoms with Crippen molar-refractivity contribution in [2.75, 3.05) is 18.1 Å². The van der Waals surface area contributed by atoms with E-state index in [-0.39, 0.29) is 23.4 Å². The fraction of sp³-hybridized carbons (Fsp3) is 0.500. The molecule has 0 bridgehead atoms. The van der Waals surface area contributed by atoms with Crippen LogP contribution in [-0.4, -0.2) is 36.2 Å². The second kappa shape index (κ2) is 9.31. The minimum absolute atomic E-state index is 0.0351. The topological polar surface area (TPSA) is 66.8 Å². The van der Waals surface area contributed by atoms with Gasteiger partial charge in [-0.2, -0.15) is 0 Å². The van der Waals surface area contributed by atoms with Crippen LogP contribution in [-0.2, 0) is 9.53 Å². The number of ether oxygens (including phenoxy) is 1. The van der Waals surface area contributed by atoms with Crippen LogP contribution in [0.5, 0.6) is 0 Å². The molecule has 6 heteroatoms. The van der Waals surface area contributed by atoms with Gasteiger partial charge >= 0.3 is 5.97 Å². The minimum Gasteiger partial charge on any atom is -0.478 e. The average Bonchev–Trinajstić information content (AvgIpc) is 3.21. The first-order valence-corrected chi connectivity index (χ1v) is 11.7. The fourth-order valence-electron chi connectivity index (χ4n) is 4.54. The summed E-state index contributed by atoms with van der Waals surface area (Å²) >= 11 is 1.40. The Morgan fingerprint density at radius 2 is 1.83 bits per heavy atom. The SMILES string of the molecule is CC1CCC(C(=O)N(c2sc(-c3ccccc3)cc2C(=O)O)C2CCCOC2)CC1. The number of thiophene rings is 1. The van der Waals surface area contributed by atoms with Gasteiger partial charge in [0.1, 0.15) is 5.00 Å². The van der Waals surface area contributed by atoms with Crippen LogP contribution in [0.3, 0.4) is 0 Å². The van der Waals surface area contributed by atoms with E-state index in [0.29, 0.717) is 24.1 Å². The Balaban J connectivity index is 1.73. The molecular formula is C24H29NO4S. The molecule has 160 valence electrons. The van der Waals surface area contributed by atoms with E-state index in [9.17, 15) is 14.7 Å². The normalized spacial score (nSPS) is 24.4. The Bertz CT molecular complexity index is 880. The standard InChI is InChI=1S/C24H29NO4S/c1-16-9-11-18(12-10-16)22(26)25(19-8-5-13-29-15-19)23-20(24(27)28)14-21(30-23)17-6-3-2-4-7-17/h2-4,6-7,14,16,18-19H,5,8-13,15H2,1H3,(H,27,28). The molecule has 0 spiro atoms. The summed E-state index contributed by atoms with van der Waals surface area (Å²) in [6.07, 6.45) is 5.59. The molecule has 0 radical (unpaired) electrons. The van der Waals surface area contributed by atoms with Gasteiger partial charge < -0.3 is 9.84 Å². The van der Waals surface area contributed by atoms with Gasteiger partial charge in [-0.15, -0.1) is 11.3 Å². The summed E-state index contributed by atoms with van der Waals surface area (Å²) in [6, 6.07) is 11.4. The van der Waals surface area contributed by atoms with Crippen LogP contribution >= 0.6 is 11.3 Å². The molecule has 1 aromatic heterocycles. The van der Waals surface area contributed by atoms with Crippen molar-refractivity contribution in [1.82, 2.24) is 0 Å². The van der Waals surface area contributed by atoms with Gasteiger partial charge in [-0.25, -0.2) is 4.79 Å². The fourth-order valence-corrected chi connectivity index (χ4v) is 5.77. The molecule has 1 aliphatic heterocycles. The van der Waals surface area contributed by atoms with Crippen LogP contribution in [0.2, 0.25) is 0 Å². The molecule has 1 N–H and O–H groups in total. The van der Waals surface area contributed by atoms with E-state index >= 15 is 0 Å². The summed E-state index contributed by atoms with van der Waals surface area (Å²) < 4.78 is 5.69. The largest absolute Gasteiger partial charge is 0.478 e. The highest BCUT2D eigenvalue weighted by atomic mass is 32.1. The summed E-state index contributed by atoms with van der Waals surface area (Å²) in [5.41, 5.74) is 1.18. The zero-order chi connectivity index (χ0) is 21.1. The van der Waals surface area contributed by atoms with Crippen LogP contribution in [0.15, 0.2) is 36.4 Å². The van der Waals surface area contributed by atoms with Crippen molar-refractivity contribution in [1.29, 1.82) is 0 Å². The third-order valence-corrected chi connectivity index (χ3v) is 7.51. The lowest BCUT2D eigenvalue weighted by Gasteiger charge is -2.37. The monoisotopic (exact) mass is 427 g/mol. The van der Waals surface area contributed by atoms with Crippen molar-refractivity contribution in [3.05, 3.63) is 42.0 Å². The van der Waals surface area contributed by atoms with Gasteiger partial charge in [0.25, 0.3) is 0 Å². The number of nitrogens with zero attached hydrogens (tertiary/aromatic N) is 1. The molecule has 2 heterocycles. The van der Waals surface area contributed by atoms with E-state index in [1.165, 1.54) is 11.3 Å². The molecule has 2 aromatic rings. The van der Waals surface area contributed by atoms with Gasteiger partial charge in [0, 0.05) is 17.4 Å². The Morgan fingerprint density at radius 1 is 1.10 bits per heavy atom. The zero-order valence-corrected chi connectivity index (χ0v) is 18.2. The van der Waals surface area contributed by atoms with Crippen molar-refractivity contribution in [3.63, 3.8) is 0 Å². The van der Waals surface area contributed by atoms with E-state index in [2.05, 4.69) is 6.92 Å². The van der Waals surface area contributed by atoms with Gasteiger partial charge in [0.05, 0.1) is 18.2 Å². The summed E-state index contributed by atoms with van der Waals surface area (Å²) in [5.74, 6) is -0.301. The number of anilines is 1. The van der Waals surface area contributed by atoms with Crippen molar-refractivity contribution < 1.29 is 19.4 Å². The molecule has 1 atom stereocenters. The number of carboxylic acid groups (broad SMARTS) is 1. The summed E-state index contributed by atoms with van der Waals surface area (Å²) in [4.78, 5) is 28.5. The maximum atomic E-state index is 13.7. The maximum absolute atomic E-state index is 13.7. The Hall–Kier alpha value is -2.18. The van der Waals surface area contributed by atoms with E-state index in [0.717, 1.165) is 49.0 Å². The number of carbonyl (C=O) groups is 2. The van der Waals surface area contributed by atoms with E-state index in [4.69, 9.17) is 4.74 Å². The highest BCUT2D eigenvalue weighted by Gasteiger charge is 2.37. The molecule has 4 rings (SSSR count). The van der Waals surface area contributed by atoms with Crippen LogP contribution in [0.25, 0.3) is 10.4 Å². The van der Waals surface area contributed by atoms with E-state index in [1.807, 2.05) is 30.3 Å². The lowest BCUT2D eigenvalue weighted by atomic mass is 9.82. The number of rotatable bonds is 5. The van der Waals surface area contributed by atoms with Crippen molar-refractivity contribution in [3.8, 4) is 10.4 Å². The number of hydrogen-bond acceptors (Lipinski definition) is 4. The number of carbonyl (C=O) groups excluding carboxylic acids is 1. The van der Waals surface area contributed by atoms with Gasteiger partial charge in [-0.05, 0) is 56.1 Å². The molecule has 1 saturated heterocycles. The lowest BCUT2D eigenvalue weighted by molar-refractivity contribution is -0.124. The molecule has 1 saturated carbocycles. The average molecular weight is 428 g/mol. The number of hydrogen-bond donors (Lipinski definition) is 1. The number of benzene rings is 1. The second-order valence-corrected chi connectivity index (χ2v) is 9.57. The van der Waals surface area contributed by atoms with Crippen molar-refractivity contribution in [2.24, 2.45) is 11.8 Å². The third kappa shape index (κ3) is 4.44. The predicted octanol–water partition coefficient (Wildman–Crippen LogP) is 5.45. The van der Waals surface area contributed by atoms with Crippen molar-refractivity contribution >= 4 is 28.2 Å². The van der Waals surface area contributed by atoms with Crippen LogP contribution in [0.4, 0.5) is 5.00 Å². The number of carboxylic acids is 1. The Morgan fingerprint density at radius 3 is 2.47 bits per heavy atom. The molecule has 1 aliphatic carbocycles. The molecule has 1 aromatic carbocycles. The maximum Gasteiger partial charge on any atom is 0.338 e. The number of amides is 1. The highest BCUT2D eigenvalue weighted by molar-refractivity contribution is 7.20. The third-order valence-electron chi connectivity index (χ3n) is 6.32. The van der Waals surface area contributed by atoms with Gasteiger partial charge in [0.2, 0.25) is 5.91 Å². The molecule has 2 aliphatic rings. The quantitative estimate of drug-likeness (QED) is 0.689. The van der Waals surface area contributed by atoms with Crippen LogP contribution in [0, 0.1) is 11.8 Å². The van der Waals surface area contributed by atoms with Crippen LogP contribution < -0.4 is 4.90 Å². The van der Waals surface area contributed by atoms with Crippen molar-refractivity contribution in [2.45, 2.75) is 51.5 Å². The van der Waals surface area contributed by atoms with E-state index < -0.39 is 5.97 Å². The zero-order valence-electron chi connectivity index (χ0n) is 17.4. The predicted molar refractivity (Wildman–Crippen MR) is 119 cm³/mol. The Labute approximate surface area is 181 Å². The molecule has 1 unspecified atom stereocenters. The highest BCUT2D eigenvalue weighted by Crippen LogP contribution is 2.41. The minimum atomic E-state index is -0.991. The van der Waals surface area contributed by atoms with Gasteiger partial charge in [-0.3, -0.25) is 9.69 Å². The first-order valence-electron chi connectivity index (χ1n) is 10.9.